The SMILES string of the molecule is CCNC(=NCC(=O)NCCOC)NC1CCc2nc(CC)nn2C1. The van der Waals surface area contributed by atoms with Gasteiger partial charge in [0.15, 0.2) is 11.8 Å². The van der Waals surface area contributed by atoms with Crippen molar-refractivity contribution in [2.45, 2.75) is 45.7 Å². The van der Waals surface area contributed by atoms with Crippen LogP contribution in [-0.2, 0) is 28.9 Å². The Kier molecular flexibility index (Phi) is 7.65. The van der Waals surface area contributed by atoms with Crippen LogP contribution in [0.3, 0.4) is 0 Å². The Labute approximate surface area is 148 Å². The van der Waals surface area contributed by atoms with Gasteiger partial charge in [0.05, 0.1) is 13.2 Å². The number of carbonyl (C=O) groups excluding carboxylic acids is 1. The van der Waals surface area contributed by atoms with E-state index < -0.39 is 0 Å². The number of nitrogens with one attached hydrogen (secondary N) is 3. The van der Waals surface area contributed by atoms with Gasteiger partial charge in [-0.2, -0.15) is 5.10 Å². The maximum Gasteiger partial charge on any atom is 0.241 e. The Morgan fingerprint density at radius 2 is 2.24 bits per heavy atom. The molecule has 0 fully saturated rings. The molecule has 140 valence electrons. The van der Waals surface area contributed by atoms with Crippen LogP contribution >= 0.6 is 0 Å². The summed E-state index contributed by atoms with van der Waals surface area (Å²) in [6.07, 6.45) is 2.70. The summed E-state index contributed by atoms with van der Waals surface area (Å²) in [6.45, 7) is 6.62. The van der Waals surface area contributed by atoms with Crippen LogP contribution in [0.5, 0.6) is 0 Å². The molecule has 2 rings (SSSR count). The van der Waals surface area contributed by atoms with Crippen LogP contribution in [0, 0.1) is 0 Å². The maximum absolute atomic E-state index is 11.8. The number of amides is 1. The molecule has 3 N–H and O–H groups in total. The molecule has 1 aromatic heterocycles. The van der Waals surface area contributed by atoms with E-state index in [0.29, 0.717) is 19.1 Å². The van der Waals surface area contributed by atoms with Crippen molar-refractivity contribution in [2.75, 3.05) is 33.4 Å². The fraction of sp³-hybridized carbons (Fsp3) is 0.750. The third-order valence-electron chi connectivity index (χ3n) is 3.91. The minimum Gasteiger partial charge on any atom is -0.383 e. The number of hydrogen-bond donors (Lipinski definition) is 3. The zero-order chi connectivity index (χ0) is 18.1. The molecule has 1 aromatic rings. The third kappa shape index (κ3) is 6.00. The molecular formula is C16H29N7O2. The van der Waals surface area contributed by atoms with Gasteiger partial charge in [-0.05, 0) is 13.3 Å². The summed E-state index contributed by atoms with van der Waals surface area (Å²) in [5, 5.41) is 13.9. The summed E-state index contributed by atoms with van der Waals surface area (Å²) >= 11 is 0. The molecule has 0 saturated carbocycles. The van der Waals surface area contributed by atoms with Crippen LogP contribution in [0.4, 0.5) is 0 Å². The fourth-order valence-corrected chi connectivity index (χ4v) is 2.64. The van der Waals surface area contributed by atoms with E-state index in [1.165, 1.54) is 0 Å². The van der Waals surface area contributed by atoms with Gasteiger partial charge in [0, 0.05) is 39.1 Å². The smallest absolute Gasteiger partial charge is 0.241 e. The van der Waals surface area contributed by atoms with Crippen LogP contribution in [0.25, 0.3) is 0 Å². The van der Waals surface area contributed by atoms with Crippen LogP contribution in [-0.4, -0.2) is 66.0 Å². The lowest BCUT2D eigenvalue weighted by Gasteiger charge is -2.25. The van der Waals surface area contributed by atoms with Crippen molar-refractivity contribution in [3.8, 4) is 0 Å². The van der Waals surface area contributed by atoms with Gasteiger partial charge in [0.2, 0.25) is 5.91 Å². The van der Waals surface area contributed by atoms with Crippen LogP contribution in [0.1, 0.15) is 31.9 Å². The molecule has 9 heteroatoms. The van der Waals surface area contributed by atoms with Gasteiger partial charge in [-0.15, -0.1) is 0 Å². The number of aromatic nitrogens is 3. The molecular weight excluding hydrogens is 322 g/mol. The summed E-state index contributed by atoms with van der Waals surface area (Å²) in [6, 6.07) is 0.216. The van der Waals surface area contributed by atoms with Crippen molar-refractivity contribution in [3.63, 3.8) is 0 Å². The van der Waals surface area contributed by atoms with Gasteiger partial charge >= 0.3 is 0 Å². The average molecular weight is 351 g/mol. The van der Waals surface area contributed by atoms with Crippen molar-refractivity contribution in [2.24, 2.45) is 4.99 Å². The molecule has 1 aliphatic rings. The summed E-state index contributed by atoms with van der Waals surface area (Å²) in [5.41, 5.74) is 0. The second kappa shape index (κ2) is 9.97. The number of rotatable bonds is 8. The molecule has 25 heavy (non-hydrogen) atoms. The number of ether oxygens (including phenoxy) is 1. The van der Waals surface area contributed by atoms with Crippen molar-refractivity contribution in [1.82, 2.24) is 30.7 Å². The van der Waals surface area contributed by atoms with E-state index in [9.17, 15) is 4.79 Å². The summed E-state index contributed by atoms with van der Waals surface area (Å²) in [7, 11) is 1.60. The topological polar surface area (TPSA) is 105 Å². The van der Waals surface area contributed by atoms with E-state index in [1.807, 2.05) is 11.6 Å². The first-order valence-corrected chi connectivity index (χ1v) is 8.89. The standard InChI is InChI=1S/C16H29N7O2/c1-4-13-21-14-7-6-12(11-23(14)22-13)20-16(17-5-2)19-10-15(24)18-8-9-25-3/h12H,4-11H2,1-3H3,(H,18,24)(H2,17,19,20). The predicted octanol–water partition coefficient (Wildman–Crippen LogP) is -0.527. The van der Waals surface area contributed by atoms with Gasteiger partial charge in [-0.1, -0.05) is 6.92 Å². The highest BCUT2D eigenvalue weighted by Gasteiger charge is 2.22. The van der Waals surface area contributed by atoms with Crippen molar-refractivity contribution in [3.05, 3.63) is 11.6 Å². The first kappa shape index (κ1) is 19.2. The van der Waals surface area contributed by atoms with E-state index in [2.05, 4.69) is 37.9 Å². The molecule has 2 heterocycles. The van der Waals surface area contributed by atoms with Gasteiger partial charge in [0.1, 0.15) is 12.4 Å². The Morgan fingerprint density at radius 1 is 1.40 bits per heavy atom. The molecule has 9 nitrogen and oxygen atoms in total. The van der Waals surface area contributed by atoms with Gasteiger partial charge in [-0.3, -0.25) is 4.79 Å². The largest absolute Gasteiger partial charge is 0.383 e. The van der Waals surface area contributed by atoms with E-state index in [0.717, 1.165) is 44.0 Å². The van der Waals surface area contributed by atoms with Gasteiger partial charge in [0.25, 0.3) is 0 Å². The molecule has 1 atom stereocenters. The fourth-order valence-electron chi connectivity index (χ4n) is 2.64. The highest BCUT2D eigenvalue weighted by Crippen LogP contribution is 2.13. The highest BCUT2D eigenvalue weighted by molar-refractivity contribution is 5.85. The number of hydrogen-bond acceptors (Lipinski definition) is 5. The highest BCUT2D eigenvalue weighted by atomic mass is 16.5. The predicted molar refractivity (Wildman–Crippen MR) is 95.5 cm³/mol. The normalized spacial score (nSPS) is 17.1. The van der Waals surface area contributed by atoms with Crippen LogP contribution < -0.4 is 16.0 Å². The number of fused-ring (bicyclic) bond motifs is 1. The number of methoxy groups -OCH3 is 1. The van der Waals surface area contributed by atoms with Crippen molar-refractivity contribution >= 4 is 11.9 Å². The molecule has 1 aliphatic heterocycles. The Bertz CT molecular complexity index is 585. The Hall–Kier alpha value is -2.16. The lowest BCUT2D eigenvalue weighted by atomic mass is 10.1. The lowest BCUT2D eigenvalue weighted by Crippen LogP contribution is -2.47. The molecule has 0 radical (unpaired) electrons. The van der Waals surface area contributed by atoms with E-state index in [-0.39, 0.29) is 18.5 Å². The molecule has 1 unspecified atom stereocenters. The molecule has 1 amide bonds. The summed E-state index contributed by atoms with van der Waals surface area (Å²) in [5.74, 6) is 2.47. The minimum absolute atomic E-state index is 0.0837. The molecule has 0 saturated heterocycles. The number of aryl methyl sites for hydroxylation is 2. The summed E-state index contributed by atoms with van der Waals surface area (Å²) < 4.78 is 6.88. The first-order valence-electron chi connectivity index (χ1n) is 8.89. The summed E-state index contributed by atoms with van der Waals surface area (Å²) in [4.78, 5) is 20.7. The molecule has 0 aliphatic carbocycles. The van der Waals surface area contributed by atoms with E-state index >= 15 is 0 Å². The zero-order valence-electron chi connectivity index (χ0n) is 15.3. The molecule has 0 spiro atoms. The lowest BCUT2D eigenvalue weighted by molar-refractivity contribution is -0.119. The number of carbonyl (C=O) groups is 1. The molecule has 0 aromatic carbocycles. The van der Waals surface area contributed by atoms with E-state index in [1.54, 1.807) is 7.11 Å². The van der Waals surface area contributed by atoms with Gasteiger partial charge in [-0.25, -0.2) is 14.7 Å². The maximum atomic E-state index is 11.8. The van der Waals surface area contributed by atoms with E-state index in [4.69, 9.17) is 4.74 Å². The Morgan fingerprint density at radius 3 is 2.96 bits per heavy atom. The quantitative estimate of drug-likeness (QED) is 0.330. The second-order valence-electron chi connectivity index (χ2n) is 5.90. The number of nitrogens with zero attached hydrogens (tertiary/aromatic N) is 4. The third-order valence-corrected chi connectivity index (χ3v) is 3.91. The van der Waals surface area contributed by atoms with Gasteiger partial charge < -0.3 is 20.7 Å². The molecule has 0 bridgehead atoms. The van der Waals surface area contributed by atoms with Crippen LogP contribution in [0.2, 0.25) is 0 Å². The second-order valence-corrected chi connectivity index (χ2v) is 5.90. The zero-order valence-corrected chi connectivity index (χ0v) is 15.3. The monoisotopic (exact) mass is 351 g/mol. The minimum atomic E-state index is -0.121. The first-order chi connectivity index (χ1) is 12.2. The Balaban J connectivity index is 1.88. The average Bonchev–Trinajstić information content (AvgIpc) is 3.02. The van der Waals surface area contributed by atoms with Crippen molar-refractivity contribution < 1.29 is 9.53 Å². The number of aliphatic imine (C=N–C) groups is 1. The van der Waals surface area contributed by atoms with Crippen molar-refractivity contribution in [1.29, 1.82) is 0 Å². The van der Waals surface area contributed by atoms with Crippen LogP contribution in [0.15, 0.2) is 4.99 Å². The number of guanidine groups is 1.